The number of aliphatic imine (C=N–C) groups is 1. The second kappa shape index (κ2) is 8.02. The van der Waals surface area contributed by atoms with Crippen LogP contribution in [0.5, 0.6) is 11.5 Å². The van der Waals surface area contributed by atoms with Crippen LogP contribution < -0.4 is 14.4 Å². The summed E-state index contributed by atoms with van der Waals surface area (Å²) in [4.78, 5) is 19.6. The van der Waals surface area contributed by atoms with Crippen molar-refractivity contribution >= 4 is 23.5 Å². The van der Waals surface area contributed by atoms with Gasteiger partial charge >= 0.3 is 0 Å². The van der Waals surface area contributed by atoms with Crippen LogP contribution in [0.2, 0.25) is 0 Å². The van der Waals surface area contributed by atoms with E-state index < -0.39 is 0 Å². The summed E-state index contributed by atoms with van der Waals surface area (Å²) in [5.74, 6) is 1.91. The van der Waals surface area contributed by atoms with Crippen molar-refractivity contribution in [1.82, 2.24) is 0 Å². The van der Waals surface area contributed by atoms with Crippen LogP contribution >= 0.6 is 0 Å². The van der Waals surface area contributed by atoms with E-state index in [0.29, 0.717) is 11.5 Å². The predicted molar refractivity (Wildman–Crippen MR) is 114 cm³/mol. The topological polar surface area (TPSA) is 51.1 Å². The molecule has 4 rings (SSSR count). The summed E-state index contributed by atoms with van der Waals surface area (Å²) in [5, 5.41) is 0. The molecule has 29 heavy (non-hydrogen) atoms. The molecule has 1 aliphatic rings. The number of carbonyl (C=O) groups is 1. The lowest BCUT2D eigenvalue weighted by atomic mass is 10.1. The molecule has 1 heterocycles. The maximum absolute atomic E-state index is 13.3. The minimum absolute atomic E-state index is 0.176. The van der Waals surface area contributed by atoms with Crippen molar-refractivity contribution in [2.45, 2.75) is 0 Å². The van der Waals surface area contributed by atoms with Crippen LogP contribution in [0.4, 0.5) is 5.69 Å². The number of amides is 1. The molecular formula is C24H20N2O3. The van der Waals surface area contributed by atoms with E-state index in [1.165, 1.54) is 0 Å². The van der Waals surface area contributed by atoms with Crippen molar-refractivity contribution in [3.63, 3.8) is 0 Å². The third-order valence-electron chi connectivity index (χ3n) is 4.64. The quantitative estimate of drug-likeness (QED) is 0.607. The standard InChI is InChI=1S/C24H20N2O3/c1-28-20-12-8-17(9-13-20)16-22-24(27)26(19-10-14-21(29-2)15-11-19)23(25-22)18-6-4-3-5-7-18/h3-16H,1-2H3/b22-16+. The molecule has 0 fully saturated rings. The molecular weight excluding hydrogens is 364 g/mol. The van der Waals surface area contributed by atoms with Crippen LogP contribution in [0.25, 0.3) is 6.08 Å². The molecule has 3 aromatic rings. The van der Waals surface area contributed by atoms with E-state index in [9.17, 15) is 4.79 Å². The second-order valence-electron chi connectivity index (χ2n) is 6.44. The van der Waals surface area contributed by atoms with Gasteiger partial charge in [0.25, 0.3) is 5.91 Å². The molecule has 0 bridgehead atoms. The summed E-state index contributed by atoms with van der Waals surface area (Å²) in [6.07, 6.45) is 1.79. The van der Waals surface area contributed by atoms with Crippen molar-refractivity contribution in [3.05, 3.63) is 95.7 Å². The molecule has 0 saturated carbocycles. The zero-order valence-corrected chi connectivity index (χ0v) is 16.2. The van der Waals surface area contributed by atoms with E-state index in [-0.39, 0.29) is 5.91 Å². The van der Waals surface area contributed by atoms with E-state index in [4.69, 9.17) is 9.47 Å². The number of ether oxygens (including phenoxy) is 2. The molecule has 0 spiro atoms. The van der Waals surface area contributed by atoms with Gasteiger partial charge in [0.15, 0.2) is 0 Å². The predicted octanol–water partition coefficient (Wildman–Crippen LogP) is 4.54. The van der Waals surface area contributed by atoms with E-state index >= 15 is 0 Å². The number of anilines is 1. The van der Waals surface area contributed by atoms with E-state index in [0.717, 1.165) is 28.3 Å². The summed E-state index contributed by atoms with van der Waals surface area (Å²) in [6.45, 7) is 0. The molecule has 0 atom stereocenters. The Morgan fingerprint density at radius 3 is 1.97 bits per heavy atom. The third kappa shape index (κ3) is 3.75. The van der Waals surface area contributed by atoms with Crippen molar-refractivity contribution in [3.8, 4) is 11.5 Å². The van der Waals surface area contributed by atoms with E-state index in [1.54, 1.807) is 25.2 Å². The number of benzene rings is 3. The SMILES string of the molecule is COc1ccc(/C=C2/N=C(c3ccccc3)N(c3ccc(OC)cc3)C2=O)cc1. The lowest BCUT2D eigenvalue weighted by molar-refractivity contribution is -0.113. The Bertz CT molecular complexity index is 1070. The van der Waals surface area contributed by atoms with Crippen molar-refractivity contribution in [1.29, 1.82) is 0 Å². The Hall–Kier alpha value is -3.86. The highest BCUT2D eigenvalue weighted by atomic mass is 16.5. The molecule has 0 unspecified atom stereocenters. The molecule has 3 aromatic carbocycles. The lowest BCUT2D eigenvalue weighted by Gasteiger charge is -2.18. The van der Waals surface area contributed by atoms with Crippen LogP contribution in [0, 0.1) is 0 Å². The molecule has 0 radical (unpaired) electrons. The van der Waals surface area contributed by atoms with Gasteiger partial charge in [-0.15, -0.1) is 0 Å². The second-order valence-corrected chi connectivity index (χ2v) is 6.44. The highest BCUT2D eigenvalue weighted by Crippen LogP contribution is 2.29. The first-order chi connectivity index (χ1) is 14.2. The zero-order chi connectivity index (χ0) is 20.2. The molecule has 0 aromatic heterocycles. The number of carbonyl (C=O) groups excluding carboxylic acids is 1. The van der Waals surface area contributed by atoms with Gasteiger partial charge in [0.1, 0.15) is 23.0 Å². The minimum Gasteiger partial charge on any atom is -0.497 e. The van der Waals surface area contributed by atoms with Crippen molar-refractivity contribution < 1.29 is 14.3 Å². The van der Waals surface area contributed by atoms with Crippen LogP contribution in [-0.4, -0.2) is 26.0 Å². The van der Waals surface area contributed by atoms with Gasteiger partial charge in [0.05, 0.1) is 19.9 Å². The zero-order valence-electron chi connectivity index (χ0n) is 16.2. The average Bonchev–Trinajstić information content (AvgIpc) is 3.11. The molecule has 5 heteroatoms. The third-order valence-corrected chi connectivity index (χ3v) is 4.64. The first-order valence-corrected chi connectivity index (χ1v) is 9.18. The van der Waals surface area contributed by atoms with E-state index in [2.05, 4.69) is 4.99 Å². The number of rotatable bonds is 5. The van der Waals surface area contributed by atoms with Crippen LogP contribution in [0.1, 0.15) is 11.1 Å². The number of amidine groups is 1. The van der Waals surface area contributed by atoms with Gasteiger partial charge in [-0.2, -0.15) is 0 Å². The van der Waals surface area contributed by atoms with Gasteiger partial charge in [0.2, 0.25) is 0 Å². The normalized spacial score (nSPS) is 14.8. The van der Waals surface area contributed by atoms with Crippen LogP contribution in [-0.2, 0) is 4.79 Å². The molecule has 0 aliphatic carbocycles. The fourth-order valence-corrected chi connectivity index (χ4v) is 3.13. The van der Waals surface area contributed by atoms with Gasteiger partial charge < -0.3 is 9.47 Å². The Balaban J connectivity index is 1.76. The Morgan fingerprint density at radius 2 is 1.38 bits per heavy atom. The average molecular weight is 384 g/mol. The molecule has 1 amide bonds. The van der Waals surface area contributed by atoms with Crippen LogP contribution in [0.15, 0.2) is 89.6 Å². The molecule has 0 saturated heterocycles. The highest BCUT2D eigenvalue weighted by Gasteiger charge is 2.32. The van der Waals surface area contributed by atoms with Crippen molar-refractivity contribution in [2.75, 3.05) is 19.1 Å². The van der Waals surface area contributed by atoms with Gasteiger partial charge in [-0.25, -0.2) is 4.99 Å². The highest BCUT2D eigenvalue weighted by molar-refractivity contribution is 6.33. The van der Waals surface area contributed by atoms with Crippen LogP contribution in [0.3, 0.4) is 0 Å². The fourth-order valence-electron chi connectivity index (χ4n) is 3.13. The maximum atomic E-state index is 13.3. The number of hydrogen-bond acceptors (Lipinski definition) is 4. The summed E-state index contributed by atoms with van der Waals surface area (Å²) >= 11 is 0. The Morgan fingerprint density at radius 1 is 0.793 bits per heavy atom. The summed E-state index contributed by atoms with van der Waals surface area (Å²) in [6, 6.07) is 24.6. The Labute approximate surface area is 169 Å². The van der Waals surface area contributed by atoms with Gasteiger partial charge in [-0.05, 0) is 48.0 Å². The number of methoxy groups -OCH3 is 2. The molecule has 144 valence electrons. The lowest BCUT2D eigenvalue weighted by Crippen LogP contribution is -2.32. The van der Waals surface area contributed by atoms with Gasteiger partial charge in [-0.3, -0.25) is 9.69 Å². The maximum Gasteiger partial charge on any atom is 0.282 e. The summed E-state index contributed by atoms with van der Waals surface area (Å²) < 4.78 is 10.4. The minimum atomic E-state index is -0.176. The van der Waals surface area contributed by atoms with E-state index in [1.807, 2.05) is 78.9 Å². The molecule has 1 aliphatic heterocycles. The monoisotopic (exact) mass is 384 g/mol. The fraction of sp³-hybridized carbons (Fsp3) is 0.0833. The summed E-state index contributed by atoms with van der Waals surface area (Å²) in [7, 11) is 3.24. The Kier molecular flexibility index (Phi) is 5.12. The molecule has 0 N–H and O–H groups in total. The van der Waals surface area contributed by atoms with Gasteiger partial charge in [-0.1, -0.05) is 42.5 Å². The summed E-state index contributed by atoms with van der Waals surface area (Å²) in [5.41, 5.74) is 2.86. The number of hydrogen-bond donors (Lipinski definition) is 0. The smallest absolute Gasteiger partial charge is 0.282 e. The number of nitrogens with zero attached hydrogens (tertiary/aromatic N) is 2. The van der Waals surface area contributed by atoms with Gasteiger partial charge in [0, 0.05) is 5.56 Å². The first-order valence-electron chi connectivity index (χ1n) is 9.18. The largest absolute Gasteiger partial charge is 0.497 e. The first kappa shape index (κ1) is 18.5. The van der Waals surface area contributed by atoms with Crippen molar-refractivity contribution in [2.24, 2.45) is 4.99 Å². The molecule has 5 nitrogen and oxygen atoms in total.